The lowest BCUT2D eigenvalue weighted by Gasteiger charge is -2.40. The molecule has 220 valence electrons. The number of hydrogen-bond donors (Lipinski definition) is 1. The molecule has 3 atom stereocenters. The van der Waals surface area contributed by atoms with E-state index in [1.54, 1.807) is 29.0 Å². The first-order valence-electron chi connectivity index (χ1n) is 13.4. The van der Waals surface area contributed by atoms with E-state index >= 15 is 0 Å². The molecule has 40 heavy (non-hydrogen) atoms. The molecule has 1 N–H and O–H groups in total. The van der Waals surface area contributed by atoms with E-state index in [-0.39, 0.29) is 23.5 Å². The second kappa shape index (κ2) is 14.7. The smallest absolute Gasteiger partial charge is 0.328 e. The Bertz CT molecular complexity index is 1200. The first-order valence-corrected chi connectivity index (χ1v) is 16.7. The zero-order valence-corrected chi connectivity index (χ0v) is 26.9. The van der Waals surface area contributed by atoms with E-state index < -0.39 is 26.2 Å². The van der Waals surface area contributed by atoms with E-state index in [1.807, 2.05) is 25.4 Å². The predicted molar refractivity (Wildman–Crippen MR) is 163 cm³/mol. The third kappa shape index (κ3) is 9.94. The number of benzene rings is 1. The predicted octanol–water partition coefficient (Wildman–Crippen LogP) is 5.97. The van der Waals surface area contributed by atoms with Crippen molar-refractivity contribution < 1.29 is 23.5 Å². The Morgan fingerprint density at radius 2 is 1.90 bits per heavy atom. The number of halogens is 1. The number of hydrogen-bond acceptors (Lipinski definition) is 6. The summed E-state index contributed by atoms with van der Waals surface area (Å²) >= 11 is 6.23. The zero-order chi connectivity index (χ0) is 30.1. The summed E-state index contributed by atoms with van der Waals surface area (Å²) < 4.78 is 18.6. The molecule has 10 heteroatoms. The summed E-state index contributed by atoms with van der Waals surface area (Å²) in [7, 11) is 2.63. The molecule has 1 aromatic carbocycles. The van der Waals surface area contributed by atoms with Gasteiger partial charge in [0.05, 0.1) is 31.0 Å². The number of carbonyl (C=O) groups is 2. The Morgan fingerprint density at radius 3 is 2.45 bits per heavy atom. The molecule has 8 nitrogen and oxygen atoms in total. The van der Waals surface area contributed by atoms with Crippen molar-refractivity contribution in [2.24, 2.45) is 13.0 Å². The molecule has 0 aliphatic carbocycles. The molecule has 0 aliphatic rings. The van der Waals surface area contributed by atoms with Crippen molar-refractivity contribution in [3.05, 3.63) is 65.0 Å². The largest absolute Gasteiger partial charge is 0.495 e. The van der Waals surface area contributed by atoms with Crippen LogP contribution >= 0.6 is 11.6 Å². The number of methoxy groups -OCH3 is 2. The minimum absolute atomic E-state index is 0.0366. The second-order valence-corrected chi connectivity index (χ2v) is 16.6. The molecule has 1 aromatic heterocycles. The zero-order valence-electron chi connectivity index (χ0n) is 25.2. The molecule has 0 radical (unpaired) electrons. The minimum atomic E-state index is -2.08. The number of carbonyl (C=O) groups excluding carboxylic acids is 2. The monoisotopic (exact) mass is 589 g/mol. The number of nitrogens with zero attached hydrogens (tertiary/aromatic N) is 2. The molecule has 0 fully saturated rings. The maximum Gasteiger partial charge on any atom is 0.328 e. The van der Waals surface area contributed by atoms with Gasteiger partial charge in [-0.15, -0.1) is 0 Å². The molecule has 1 heterocycles. The third-order valence-electron chi connectivity index (χ3n) is 7.24. The van der Waals surface area contributed by atoms with Gasteiger partial charge in [-0.05, 0) is 66.4 Å². The van der Waals surface area contributed by atoms with Crippen molar-refractivity contribution in [2.75, 3.05) is 14.2 Å². The molecule has 2 rings (SSSR count). The molecule has 0 saturated heterocycles. The van der Waals surface area contributed by atoms with Gasteiger partial charge in [0.1, 0.15) is 11.8 Å². The maximum atomic E-state index is 12.8. The van der Waals surface area contributed by atoms with Crippen molar-refractivity contribution in [1.82, 2.24) is 15.1 Å². The molecule has 2 aromatic rings. The number of nitrogens with one attached hydrogen (secondary N) is 1. The third-order valence-corrected chi connectivity index (χ3v) is 12.0. The van der Waals surface area contributed by atoms with Gasteiger partial charge in [0, 0.05) is 19.7 Å². The van der Waals surface area contributed by atoms with Gasteiger partial charge in [-0.2, -0.15) is 5.10 Å². The van der Waals surface area contributed by atoms with Gasteiger partial charge >= 0.3 is 5.97 Å². The molecule has 0 aliphatic heterocycles. The minimum Gasteiger partial charge on any atom is -0.495 e. The summed E-state index contributed by atoms with van der Waals surface area (Å²) in [6.45, 7) is 13.2. The van der Waals surface area contributed by atoms with Crippen LogP contribution in [0.4, 0.5) is 0 Å². The first kappa shape index (κ1) is 33.3. The fourth-order valence-electron chi connectivity index (χ4n) is 3.76. The van der Waals surface area contributed by atoms with Crippen LogP contribution in [0.3, 0.4) is 0 Å². The van der Waals surface area contributed by atoms with Crippen molar-refractivity contribution in [1.29, 1.82) is 0 Å². The summed E-state index contributed by atoms with van der Waals surface area (Å²) in [4.78, 5) is 25.3. The topological polar surface area (TPSA) is 91.7 Å². The van der Waals surface area contributed by atoms with Crippen LogP contribution in [0.1, 0.15) is 45.4 Å². The summed E-state index contributed by atoms with van der Waals surface area (Å²) in [5.41, 5.74) is 1.64. The summed E-state index contributed by atoms with van der Waals surface area (Å²) in [5.74, 6) is -0.323. The lowest BCUT2D eigenvalue weighted by molar-refractivity contribution is -0.144. The fourth-order valence-corrected chi connectivity index (χ4v) is 5.46. The van der Waals surface area contributed by atoms with Crippen LogP contribution in [0.15, 0.2) is 48.7 Å². The highest BCUT2D eigenvalue weighted by atomic mass is 35.5. The molecular weight excluding hydrogens is 546 g/mol. The van der Waals surface area contributed by atoms with Crippen molar-refractivity contribution >= 4 is 37.9 Å². The second-order valence-electron chi connectivity index (χ2n) is 11.4. The molecular formula is C30H44ClN3O5Si. The van der Waals surface area contributed by atoms with E-state index in [0.29, 0.717) is 17.2 Å². The number of amides is 1. The van der Waals surface area contributed by atoms with E-state index in [9.17, 15) is 9.59 Å². The Hall–Kier alpha value is -2.88. The molecule has 1 amide bonds. The summed E-state index contributed by atoms with van der Waals surface area (Å²) in [6.07, 6.45) is 9.87. The Kier molecular flexibility index (Phi) is 12.2. The van der Waals surface area contributed by atoms with Crippen LogP contribution in [0.25, 0.3) is 6.08 Å². The van der Waals surface area contributed by atoms with Gasteiger partial charge in [-0.3, -0.25) is 9.48 Å². The van der Waals surface area contributed by atoms with Gasteiger partial charge in [0.2, 0.25) is 5.91 Å². The van der Waals surface area contributed by atoms with Crippen LogP contribution in [-0.2, 0) is 32.2 Å². The highest BCUT2D eigenvalue weighted by Crippen LogP contribution is 2.38. The van der Waals surface area contributed by atoms with Crippen LogP contribution in [0.5, 0.6) is 5.75 Å². The quantitative estimate of drug-likeness (QED) is 0.176. The standard InChI is InChI=1S/C30H44ClN3O5Si/c1-21(13-15-23-17-18-34(5)33-23)26(39-40(8,9)30(2,3)4)11-10-12-28(35)32-25(29(36)38-7)20-22-14-16-27(37-6)24(31)19-22/h10,12-19,21,25-26H,11,20H2,1-9H3,(H,32,35)/b12-10+,15-13+/t21-,25-,26+/m1/s1. The van der Waals surface area contributed by atoms with Gasteiger partial charge in [-0.1, -0.05) is 57.5 Å². The molecule has 0 spiro atoms. The van der Waals surface area contributed by atoms with Crippen LogP contribution in [0, 0.1) is 5.92 Å². The lowest BCUT2D eigenvalue weighted by atomic mass is 10.0. The number of rotatable bonds is 13. The Labute approximate surface area is 244 Å². The fraction of sp³-hybridized carbons (Fsp3) is 0.500. The van der Waals surface area contributed by atoms with Crippen molar-refractivity contribution in [3.8, 4) is 5.75 Å². The van der Waals surface area contributed by atoms with E-state index in [1.165, 1.54) is 20.3 Å². The Balaban J connectivity index is 2.14. The summed E-state index contributed by atoms with van der Waals surface area (Å²) in [6, 6.07) is 6.31. The first-order chi connectivity index (χ1) is 18.7. The van der Waals surface area contributed by atoms with Crippen LogP contribution in [-0.4, -0.2) is 56.3 Å². The average molecular weight is 590 g/mol. The molecule has 0 bridgehead atoms. The molecule has 0 saturated carbocycles. The van der Waals surface area contributed by atoms with Crippen LogP contribution in [0.2, 0.25) is 23.2 Å². The highest BCUT2D eigenvalue weighted by Gasteiger charge is 2.39. The Morgan fingerprint density at radius 1 is 1.20 bits per heavy atom. The number of esters is 1. The maximum absolute atomic E-state index is 12.8. The van der Waals surface area contributed by atoms with E-state index in [0.717, 1.165) is 11.3 Å². The average Bonchev–Trinajstić information content (AvgIpc) is 3.30. The summed E-state index contributed by atoms with van der Waals surface area (Å²) in [5, 5.41) is 7.63. The number of aryl methyl sites for hydroxylation is 1. The van der Waals surface area contributed by atoms with Gasteiger partial charge in [0.25, 0.3) is 0 Å². The van der Waals surface area contributed by atoms with Crippen molar-refractivity contribution in [2.45, 2.75) is 70.8 Å². The normalized spacial score (nSPS) is 14.8. The molecule has 0 unspecified atom stereocenters. The van der Waals surface area contributed by atoms with Crippen LogP contribution < -0.4 is 10.1 Å². The van der Waals surface area contributed by atoms with E-state index in [2.05, 4.69) is 57.3 Å². The van der Waals surface area contributed by atoms with Gasteiger partial charge < -0.3 is 19.2 Å². The number of aromatic nitrogens is 2. The number of ether oxygens (including phenoxy) is 2. The van der Waals surface area contributed by atoms with Gasteiger partial charge in [-0.25, -0.2) is 4.79 Å². The van der Waals surface area contributed by atoms with Crippen molar-refractivity contribution in [3.63, 3.8) is 0 Å². The SMILES string of the molecule is COC(=O)[C@@H](Cc1ccc(OC)c(Cl)c1)NC(=O)/C=C/C[C@H](O[Si](C)(C)C(C)(C)C)[C@H](C)/C=C/c1ccn(C)n1. The lowest BCUT2D eigenvalue weighted by Crippen LogP contribution is -2.45. The van der Waals surface area contributed by atoms with E-state index in [4.69, 9.17) is 25.5 Å². The highest BCUT2D eigenvalue weighted by molar-refractivity contribution is 6.74. The van der Waals surface area contributed by atoms with Gasteiger partial charge in [0.15, 0.2) is 8.32 Å².